The van der Waals surface area contributed by atoms with Crippen LogP contribution in [0.25, 0.3) is 0 Å². The number of rotatable bonds is 6. The summed E-state index contributed by atoms with van der Waals surface area (Å²) in [7, 11) is 0. The number of carbonyl (C=O) groups excluding carboxylic acids is 2. The Morgan fingerprint density at radius 1 is 1.08 bits per heavy atom. The molecule has 0 fully saturated rings. The highest BCUT2D eigenvalue weighted by Gasteiger charge is 2.15. The molecule has 0 aliphatic carbocycles. The smallest absolute Gasteiger partial charge is 0.252 e. The Kier molecular flexibility index (Phi) is 6.55. The van der Waals surface area contributed by atoms with Crippen molar-refractivity contribution in [2.75, 3.05) is 18.0 Å². The van der Waals surface area contributed by atoms with Gasteiger partial charge in [0.2, 0.25) is 5.91 Å². The lowest BCUT2D eigenvalue weighted by Gasteiger charge is -2.24. The van der Waals surface area contributed by atoms with Crippen LogP contribution in [-0.4, -0.2) is 24.9 Å². The molecule has 0 aromatic heterocycles. The maximum absolute atomic E-state index is 12.2. The fraction of sp³-hybridized carbons (Fsp3) is 0.263. The Labute approximate surface area is 151 Å². The number of nitrogens with zero attached hydrogens (tertiary/aromatic N) is 1. The average molecular weight is 389 g/mol. The minimum Gasteiger partial charge on any atom is -0.350 e. The van der Waals surface area contributed by atoms with Crippen molar-refractivity contribution in [1.82, 2.24) is 5.32 Å². The number of anilines is 1. The van der Waals surface area contributed by atoms with Crippen molar-refractivity contribution < 1.29 is 9.59 Å². The van der Waals surface area contributed by atoms with Crippen LogP contribution >= 0.6 is 15.9 Å². The second kappa shape index (κ2) is 8.64. The predicted octanol–water partition coefficient (Wildman–Crippen LogP) is 3.79. The van der Waals surface area contributed by atoms with E-state index in [0.717, 1.165) is 22.1 Å². The van der Waals surface area contributed by atoms with Gasteiger partial charge in [0.15, 0.2) is 0 Å². The van der Waals surface area contributed by atoms with Gasteiger partial charge < -0.3 is 10.2 Å². The summed E-state index contributed by atoms with van der Waals surface area (Å²) < 4.78 is 0.752. The molecular weight excluding hydrogens is 368 g/mol. The molecule has 2 aromatic rings. The second-order valence-corrected chi connectivity index (χ2v) is 6.24. The second-order valence-electron chi connectivity index (χ2n) is 5.39. The third-order valence-electron chi connectivity index (χ3n) is 3.78. The lowest BCUT2D eigenvalue weighted by Crippen LogP contribution is -2.38. The molecule has 0 atom stereocenters. The van der Waals surface area contributed by atoms with Gasteiger partial charge in [-0.2, -0.15) is 0 Å². The van der Waals surface area contributed by atoms with Crippen LogP contribution < -0.4 is 10.2 Å². The van der Waals surface area contributed by atoms with Crippen molar-refractivity contribution >= 4 is 33.4 Å². The van der Waals surface area contributed by atoms with Gasteiger partial charge in [-0.1, -0.05) is 37.3 Å². The Balaban J connectivity index is 2.04. The number of benzene rings is 2. The molecule has 0 heterocycles. The Hall–Kier alpha value is -2.14. The molecule has 0 bridgehead atoms. The Bertz CT molecular complexity index is 731. The summed E-state index contributed by atoms with van der Waals surface area (Å²) in [5.41, 5.74) is 2.60. The van der Waals surface area contributed by atoms with Crippen molar-refractivity contribution in [3.63, 3.8) is 0 Å². The molecule has 2 rings (SSSR count). The maximum atomic E-state index is 12.2. The van der Waals surface area contributed by atoms with Crippen LogP contribution in [0.3, 0.4) is 0 Å². The quantitative estimate of drug-likeness (QED) is 0.817. The summed E-state index contributed by atoms with van der Waals surface area (Å²) in [6.45, 7) is 4.42. The molecule has 0 aliphatic heterocycles. The fourth-order valence-corrected chi connectivity index (χ4v) is 3.01. The van der Waals surface area contributed by atoms with Crippen LogP contribution in [0.1, 0.15) is 29.8 Å². The molecule has 1 N–H and O–H groups in total. The van der Waals surface area contributed by atoms with Gasteiger partial charge in [-0.15, -0.1) is 0 Å². The number of amides is 2. The molecule has 4 nitrogen and oxygen atoms in total. The zero-order valence-electron chi connectivity index (χ0n) is 13.9. The third kappa shape index (κ3) is 4.45. The number of aryl methyl sites for hydroxylation is 1. The average Bonchev–Trinajstić information content (AvgIpc) is 2.58. The van der Waals surface area contributed by atoms with Gasteiger partial charge in [0.1, 0.15) is 0 Å². The van der Waals surface area contributed by atoms with E-state index >= 15 is 0 Å². The first-order valence-corrected chi connectivity index (χ1v) is 8.72. The van der Waals surface area contributed by atoms with Gasteiger partial charge in [-0.25, -0.2) is 0 Å². The van der Waals surface area contributed by atoms with E-state index in [-0.39, 0.29) is 11.8 Å². The van der Waals surface area contributed by atoms with Crippen LogP contribution in [0.15, 0.2) is 53.0 Å². The van der Waals surface area contributed by atoms with Crippen molar-refractivity contribution in [1.29, 1.82) is 0 Å². The van der Waals surface area contributed by atoms with Crippen molar-refractivity contribution in [2.24, 2.45) is 0 Å². The lowest BCUT2D eigenvalue weighted by atomic mass is 10.1. The van der Waals surface area contributed by atoms with Crippen molar-refractivity contribution in [2.45, 2.75) is 20.3 Å². The van der Waals surface area contributed by atoms with Crippen LogP contribution in [0, 0.1) is 0 Å². The molecule has 2 aromatic carbocycles. The first-order valence-electron chi connectivity index (χ1n) is 7.93. The monoisotopic (exact) mass is 388 g/mol. The van der Waals surface area contributed by atoms with Crippen molar-refractivity contribution in [3.8, 4) is 0 Å². The lowest BCUT2D eigenvalue weighted by molar-refractivity contribution is -0.116. The molecule has 24 heavy (non-hydrogen) atoms. The molecule has 0 saturated carbocycles. The minimum atomic E-state index is -0.158. The van der Waals surface area contributed by atoms with E-state index in [1.54, 1.807) is 17.9 Å². The topological polar surface area (TPSA) is 49.4 Å². The highest BCUT2D eigenvalue weighted by Crippen LogP contribution is 2.21. The largest absolute Gasteiger partial charge is 0.350 e. The summed E-state index contributed by atoms with van der Waals surface area (Å²) in [6.07, 6.45) is 0.850. The van der Waals surface area contributed by atoms with Crippen LogP contribution in [-0.2, 0) is 11.2 Å². The van der Waals surface area contributed by atoms with E-state index in [9.17, 15) is 9.59 Å². The van der Waals surface area contributed by atoms with E-state index in [0.29, 0.717) is 18.7 Å². The third-order valence-corrected chi connectivity index (χ3v) is 4.47. The van der Waals surface area contributed by atoms with Crippen LogP contribution in [0.2, 0.25) is 0 Å². The highest BCUT2D eigenvalue weighted by molar-refractivity contribution is 9.10. The molecule has 5 heteroatoms. The summed E-state index contributed by atoms with van der Waals surface area (Å²) in [6, 6.07) is 15.1. The van der Waals surface area contributed by atoms with E-state index < -0.39 is 0 Å². The summed E-state index contributed by atoms with van der Waals surface area (Å²) >= 11 is 3.37. The van der Waals surface area contributed by atoms with Gasteiger partial charge in [0.05, 0.1) is 5.56 Å². The molecule has 126 valence electrons. The summed E-state index contributed by atoms with van der Waals surface area (Å²) in [4.78, 5) is 26.0. The number of nitrogens with one attached hydrogen (secondary N) is 1. The minimum absolute atomic E-state index is 0.0361. The number of hydrogen-bond acceptors (Lipinski definition) is 2. The van der Waals surface area contributed by atoms with Gasteiger partial charge in [0, 0.05) is 30.2 Å². The van der Waals surface area contributed by atoms with E-state index in [1.165, 1.54) is 0 Å². The number of carbonyl (C=O) groups is 2. The predicted molar refractivity (Wildman–Crippen MR) is 100 cm³/mol. The van der Waals surface area contributed by atoms with Gasteiger partial charge in [0.25, 0.3) is 5.91 Å². The van der Waals surface area contributed by atoms with E-state index in [2.05, 4.69) is 28.2 Å². The SMILES string of the molecule is CCc1ccccc1N(CCNC(=O)c1ccccc1Br)C(C)=O. The number of halogens is 1. The van der Waals surface area contributed by atoms with Gasteiger partial charge in [-0.05, 0) is 46.1 Å². The fourth-order valence-electron chi connectivity index (χ4n) is 2.54. The maximum Gasteiger partial charge on any atom is 0.252 e. The van der Waals surface area contributed by atoms with Gasteiger partial charge in [-0.3, -0.25) is 9.59 Å². The molecule has 0 unspecified atom stereocenters. The molecule has 0 spiro atoms. The standard InChI is InChI=1S/C19H21BrN2O2/c1-3-15-8-4-7-11-18(15)22(14(2)23)13-12-21-19(24)16-9-5-6-10-17(16)20/h4-11H,3,12-13H2,1-2H3,(H,21,24). The Morgan fingerprint density at radius 2 is 1.75 bits per heavy atom. The van der Waals surface area contributed by atoms with Crippen LogP contribution in [0.5, 0.6) is 0 Å². The van der Waals surface area contributed by atoms with Gasteiger partial charge >= 0.3 is 0 Å². The summed E-state index contributed by atoms with van der Waals surface area (Å²) in [5.74, 6) is -0.194. The number of para-hydroxylation sites is 1. The Morgan fingerprint density at radius 3 is 2.42 bits per heavy atom. The number of hydrogen-bond donors (Lipinski definition) is 1. The first kappa shape index (κ1) is 18.2. The molecular formula is C19H21BrN2O2. The highest BCUT2D eigenvalue weighted by atomic mass is 79.9. The zero-order valence-corrected chi connectivity index (χ0v) is 15.5. The normalized spacial score (nSPS) is 10.3. The first-order chi connectivity index (χ1) is 11.5. The zero-order chi connectivity index (χ0) is 17.5. The van der Waals surface area contributed by atoms with Crippen molar-refractivity contribution in [3.05, 3.63) is 64.1 Å². The summed E-state index contributed by atoms with van der Waals surface area (Å²) in [5, 5.41) is 2.87. The molecule has 0 radical (unpaired) electrons. The van der Waals surface area contributed by atoms with E-state index in [1.807, 2.05) is 42.5 Å². The van der Waals surface area contributed by atoms with Crippen LogP contribution in [0.4, 0.5) is 5.69 Å². The molecule has 2 amide bonds. The van der Waals surface area contributed by atoms with E-state index in [4.69, 9.17) is 0 Å². The molecule has 0 aliphatic rings. The molecule has 0 saturated heterocycles.